The molecule has 1 amide bonds. The fourth-order valence-corrected chi connectivity index (χ4v) is 4.20. The molecule has 3 heterocycles. The van der Waals surface area contributed by atoms with Gasteiger partial charge in [-0.3, -0.25) is 23.6 Å². The van der Waals surface area contributed by atoms with Gasteiger partial charge in [-0.1, -0.05) is 38.1 Å². The first-order chi connectivity index (χ1) is 18.1. The number of nitrogens with zero attached hydrogens (tertiary/aromatic N) is 5. The third-order valence-corrected chi connectivity index (χ3v) is 6.12. The molecule has 198 valence electrons. The lowest BCUT2D eigenvalue weighted by atomic mass is 10.0. The number of fused-ring (bicyclic) bond motifs is 2. The molecular weight excluding hydrogens is 497 g/mol. The summed E-state index contributed by atoms with van der Waals surface area (Å²) < 4.78 is 42.9. The van der Waals surface area contributed by atoms with Crippen LogP contribution in [-0.2, 0) is 18.4 Å². The van der Waals surface area contributed by atoms with Crippen molar-refractivity contribution in [3.8, 4) is 16.8 Å². The van der Waals surface area contributed by atoms with Crippen molar-refractivity contribution < 1.29 is 18.0 Å². The lowest BCUT2D eigenvalue weighted by molar-refractivity contribution is -0.158. The fourth-order valence-electron chi connectivity index (χ4n) is 4.20. The van der Waals surface area contributed by atoms with E-state index in [9.17, 15) is 22.8 Å². The van der Waals surface area contributed by atoms with Crippen molar-refractivity contribution >= 4 is 27.8 Å². The largest absolute Gasteiger partial charge is 0.408 e. The molecule has 0 spiro atoms. The summed E-state index contributed by atoms with van der Waals surface area (Å²) in [4.78, 5) is 30.0. The van der Waals surface area contributed by atoms with Crippen LogP contribution < -0.4 is 11.0 Å². The van der Waals surface area contributed by atoms with Crippen LogP contribution in [0.3, 0.4) is 0 Å². The molecule has 2 aromatic carbocycles. The molecule has 0 aliphatic heterocycles. The quantitative estimate of drug-likeness (QED) is 0.357. The summed E-state index contributed by atoms with van der Waals surface area (Å²) in [6, 6.07) is 12.0. The Balaban J connectivity index is 0.00000164. The van der Waals surface area contributed by atoms with Crippen LogP contribution in [-0.4, -0.2) is 42.0 Å². The van der Waals surface area contributed by atoms with Crippen molar-refractivity contribution in [1.82, 2.24) is 29.2 Å². The molecule has 0 aliphatic rings. The van der Waals surface area contributed by atoms with Crippen LogP contribution in [0.25, 0.3) is 38.8 Å². The summed E-state index contributed by atoms with van der Waals surface area (Å²) in [5.41, 5.74) is 3.63. The summed E-state index contributed by atoms with van der Waals surface area (Å²) in [6.45, 7) is 4.31. The zero-order valence-electron chi connectivity index (χ0n) is 21.3. The van der Waals surface area contributed by atoms with Crippen LogP contribution in [0.1, 0.15) is 20.8 Å². The van der Waals surface area contributed by atoms with E-state index in [0.29, 0.717) is 16.7 Å². The van der Waals surface area contributed by atoms with Gasteiger partial charge >= 0.3 is 11.9 Å². The Labute approximate surface area is 216 Å². The van der Waals surface area contributed by atoms with E-state index >= 15 is 0 Å². The molecule has 1 N–H and O–H groups in total. The Bertz CT molecular complexity index is 1650. The highest BCUT2D eigenvalue weighted by atomic mass is 19.4. The number of alkyl halides is 3. The predicted octanol–water partition coefficient (Wildman–Crippen LogP) is 4.83. The van der Waals surface area contributed by atoms with Crippen LogP contribution >= 0.6 is 0 Å². The minimum absolute atomic E-state index is 0.436. The molecule has 11 heteroatoms. The average molecular weight is 525 g/mol. The van der Waals surface area contributed by atoms with Crippen molar-refractivity contribution in [1.29, 1.82) is 0 Å². The zero-order chi connectivity index (χ0) is 27.6. The maximum Gasteiger partial charge on any atom is 0.408 e. The van der Waals surface area contributed by atoms with Gasteiger partial charge in [0, 0.05) is 24.2 Å². The molecule has 5 aromatic rings. The number of para-hydroxylation sites is 2. The molecule has 1 atom stereocenters. The Morgan fingerprint density at radius 3 is 2.29 bits per heavy atom. The summed E-state index contributed by atoms with van der Waals surface area (Å²) in [5, 5.41) is 7.13. The maximum absolute atomic E-state index is 13.3. The van der Waals surface area contributed by atoms with E-state index in [1.165, 1.54) is 9.13 Å². The smallest absolute Gasteiger partial charge is 0.343 e. The van der Waals surface area contributed by atoms with Gasteiger partial charge in [0.25, 0.3) is 0 Å². The van der Waals surface area contributed by atoms with Crippen molar-refractivity contribution in [3.05, 3.63) is 77.6 Å². The van der Waals surface area contributed by atoms with Crippen LogP contribution in [0.5, 0.6) is 0 Å². The molecule has 0 radical (unpaired) electrons. The minimum atomic E-state index is -4.58. The van der Waals surface area contributed by atoms with Gasteiger partial charge in [-0.15, -0.1) is 0 Å². The molecule has 1 unspecified atom stereocenters. The molecule has 3 aromatic heterocycles. The normalized spacial score (nSPS) is 12.3. The first-order valence-electron chi connectivity index (χ1n) is 12.1. The van der Waals surface area contributed by atoms with E-state index < -0.39 is 30.4 Å². The molecule has 8 nitrogen and oxygen atoms in total. The molecule has 0 saturated carbocycles. The average Bonchev–Trinajstić information content (AvgIpc) is 3.42. The van der Waals surface area contributed by atoms with Gasteiger partial charge in [0.1, 0.15) is 12.6 Å². The number of hydrogen-bond donors (Lipinski definition) is 1. The number of nitrogens with one attached hydrogen (secondary N) is 1. The zero-order valence-corrected chi connectivity index (χ0v) is 21.3. The molecule has 38 heavy (non-hydrogen) atoms. The van der Waals surface area contributed by atoms with Gasteiger partial charge < -0.3 is 5.32 Å². The van der Waals surface area contributed by atoms with Gasteiger partial charge in [-0.05, 0) is 36.8 Å². The van der Waals surface area contributed by atoms with Gasteiger partial charge in [0.05, 0.1) is 34.6 Å². The number of rotatable bonds is 5. The number of imidazole rings is 1. The number of hydrogen-bond acceptors (Lipinski definition) is 4. The number of benzene rings is 2. The second kappa shape index (κ2) is 10.5. The predicted molar refractivity (Wildman–Crippen MR) is 140 cm³/mol. The Morgan fingerprint density at radius 2 is 1.63 bits per heavy atom. The lowest BCUT2D eigenvalue weighted by Gasteiger charge is -2.17. The Kier molecular flexibility index (Phi) is 7.38. The van der Waals surface area contributed by atoms with E-state index in [0.717, 1.165) is 29.0 Å². The molecule has 0 fully saturated rings. The SMILES string of the molecule is CC.CC(NC(=O)Cn1c(=O)n(-c2ccc(-c3cncc4c3cnn4C)cc2)c2ccccc21)C(F)(F)F. The van der Waals surface area contributed by atoms with Crippen molar-refractivity contribution in [2.45, 2.75) is 39.5 Å². The number of aromatic nitrogens is 5. The van der Waals surface area contributed by atoms with Gasteiger partial charge in [0.2, 0.25) is 5.91 Å². The van der Waals surface area contributed by atoms with Crippen LogP contribution in [0.2, 0.25) is 0 Å². The minimum Gasteiger partial charge on any atom is -0.343 e. The van der Waals surface area contributed by atoms with Crippen molar-refractivity contribution in [3.63, 3.8) is 0 Å². The van der Waals surface area contributed by atoms with Crippen LogP contribution in [0.15, 0.2) is 71.9 Å². The molecular formula is C27H27F3N6O2. The summed E-state index contributed by atoms with van der Waals surface area (Å²) in [5.74, 6) is -0.905. The van der Waals surface area contributed by atoms with E-state index in [-0.39, 0.29) is 0 Å². The third kappa shape index (κ3) is 4.91. The number of carbonyl (C=O) groups is 1. The number of amides is 1. The standard InChI is InChI=1S/C25H21F3N6O2.C2H6/c1-15(25(26,27)28)31-23(35)14-33-20-5-3-4-6-21(20)34(24(33)36)17-9-7-16(8-10-17)18-11-29-13-22-19(18)12-30-32(22)2;1-2/h3-13,15H,14H2,1-2H3,(H,31,35);1-2H3. The molecule has 0 bridgehead atoms. The topological polar surface area (TPSA) is 86.7 Å². The highest BCUT2D eigenvalue weighted by molar-refractivity contribution is 5.93. The Hall–Kier alpha value is -4.41. The van der Waals surface area contributed by atoms with E-state index in [2.05, 4.69) is 10.1 Å². The van der Waals surface area contributed by atoms with Crippen LogP contribution in [0, 0.1) is 0 Å². The van der Waals surface area contributed by atoms with Gasteiger partial charge in [-0.2, -0.15) is 18.3 Å². The lowest BCUT2D eigenvalue weighted by Crippen LogP contribution is -2.45. The molecule has 0 saturated heterocycles. The highest BCUT2D eigenvalue weighted by Gasteiger charge is 2.37. The number of aryl methyl sites for hydroxylation is 1. The van der Waals surface area contributed by atoms with Gasteiger partial charge in [0.15, 0.2) is 0 Å². The summed E-state index contributed by atoms with van der Waals surface area (Å²) >= 11 is 0. The third-order valence-electron chi connectivity index (χ3n) is 6.12. The molecule has 5 rings (SSSR count). The second-order valence-corrected chi connectivity index (χ2v) is 8.46. The first-order valence-corrected chi connectivity index (χ1v) is 12.1. The van der Waals surface area contributed by atoms with Gasteiger partial charge in [-0.25, -0.2) is 4.79 Å². The van der Waals surface area contributed by atoms with E-state index in [4.69, 9.17) is 0 Å². The summed E-state index contributed by atoms with van der Waals surface area (Å²) in [6.07, 6.45) is 0.674. The second-order valence-electron chi connectivity index (χ2n) is 8.46. The van der Waals surface area contributed by atoms with E-state index in [1.54, 1.807) is 59.7 Å². The van der Waals surface area contributed by atoms with Crippen molar-refractivity contribution in [2.75, 3.05) is 0 Å². The summed E-state index contributed by atoms with van der Waals surface area (Å²) in [7, 11) is 1.84. The Morgan fingerprint density at radius 1 is 0.974 bits per heavy atom. The van der Waals surface area contributed by atoms with Crippen LogP contribution in [0.4, 0.5) is 13.2 Å². The highest BCUT2D eigenvalue weighted by Crippen LogP contribution is 2.28. The fraction of sp³-hybridized carbons (Fsp3) is 0.259. The molecule has 0 aliphatic carbocycles. The first kappa shape index (κ1) is 26.6. The number of halogens is 3. The van der Waals surface area contributed by atoms with Crippen molar-refractivity contribution in [2.24, 2.45) is 7.05 Å². The monoisotopic (exact) mass is 524 g/mol. The van der Waals surface area contributed by atoms with E-state index in [1.807, 2.05) is 38.3 Å². The maximum atomic E-state index is 13.3. The number of pyridine rings is 1. The number of carbonyl (C=O) groups excluding carboxylic acids is 1.